The average molecular weight is 264 g/mol. The van der Waals surface area contributed by atoms with E-state index in [9.17, 15) is 8.42 Å². The molecule has 0 aliphatic heterocycles. The number of ether oxygens (including phenoxy) is 1. The Hall–Kier alpha value is -0.660. The van der Waals surface area contributed by atoms with Crippen LogP contribution >= 0.6 is 11.3 Å². The number of nitrogens with two attached hydrogens (primary N) is 1. The van der Waals surface area contributed by atoms with Gasteiger partial charge < -0.3 is 10.5 Å². The van der Waals surface area contributed by atoms with Crippen LogP contribution in [0.1, 0.15) is 25.1 Å². The monoisotopic (exact) mass is 264 g/mol. The number of hydrogen-bond acceptors (Lipinski definition) is 6. The quantitative estimate of drug-likeness (QED) is 0.828. The van der Waals surface area contributed by atoms with Crippen LogP contribution in [0.3, 0.4) is 0 Å². The second-order valence-electron chi connectivity index (χ2n) is 3.50. The van der Waals surface area contributed by atoms with Gasteiger partial charge in [0.2, 0.25) is 0 Å². The lowest BCUT2D eigenvalue weighted by atomic mass is 10.2. The second-order valence-corrected chi connectivity index (χ2v) is 6.58. The highest BCUT2D eigenvalue weighted by Crippen LogP contribution is 2.23. The highest BCUT2D eigenvalue weighted by molar-refractivity contribution is 7.90. The fourth-order valence-corrected chi connectivity index (χ4v) is 2.59. The molecular formula is C9H16N2O3S2. The molecule has 0 aromatic carbocycles. The van der Waals surface area contributed by atoms with Crippen molar-refractivity contribution in [2.75, 3.05) is 18.6 Å². The van der Waals surface area contributed by atoms with Gasteiger partial charge in [0.05, 0.1) is 18.1 Å². The summed E-state index contributed by atoms with van der Waals surface area (Å²) in [6, 6.07) is -0.347. The Morgan fingerprint density at radius 3 is 2.88 bits per heavy atom. The Kier molecular flexibility index (Phi) is 4.69. The van der Waals surface area contributed by atoms with Crippen molar-refractivity contribution in [1.82, 2.24) is 4.98 Å². The Bertz CT molecular complexity index is 428. The maximum absolute atomic E-state index is 11.0. The van der Waals surface area contributed by atoms with Crippen LogP contribution in [0.25, 0.3) is 0 Å². The van der Waals surface area contributed by atoms with E-state index in [1.807, 2.05) is 6.92 Å². The summed E-state index contributed by atoms with van der Waals surface area (Å²) in [5.41, 5.74) is 6.53. The summed E-state index contributed by atoms with van der Waals surface area (Å²) >= 11 is 1.37. The number of sulfone groups is 1. The molecule has 0 saturated carbocycles. The summed E-state index contributed by atoms with van der Waals surface area (Å²) in [5.74, 6) is 0.0790. The highest BCUT2D eigenvalue weighted by atomic mass is 32.2. The fourth-order valence-electron chi connectivity index (χ4n) is 1.12. The zero-order valence-corrected chi connectivity index (χ0v) is 11.0. The topological polar surface area (TPSA) is 82.3 Å². The predicted molar refractivity (Wildman–Crippen MR) is 64.5 cm³/mol. The molecule has 1 aromatic rings. The largest absolute Gasteiger partial charge is 0.470 e. The molecule has 92 valence electrons. The number of rotatable bonds is 6. The molecule has 1 aromatic heterocycles. The molecule has 0 bridgehead atoms. The van der Waals surface area contributed by atoms with Gasteiger partial charge in [-0.3, -0.25) is 0 Å². The minimum Gasteiger partial charge on any atom is -0.470 e. The summed E-state index contributed by atoms with van der Waals surface area (Å²) in [5, 5.41) is 2.38. The molecule has 1 atom stereocenters. The van der Waals surface area contributed by atoms with Crippen molar-refractivity contribution in [2.45, 2.75) is 19.4 Å². The second kappa shape index (κ2) is 5.60. The van der Waals surface area contributed by atoms with E-state index in [2.05, 4.69) is 4.98 Å². The van der Waals surface area contributed by atoms with Crippen molar-refractivity contribution in [1.29, 1.82) is 0 Å². The lowest BCUT2D eigenvalue weighted by Gasteiger charge is -2.07. The Balaban J connectivity index is 2.55. The molecule has 5 nitrogen and oxygen atoms in total. The Morgan fingerprint density at radius 2 is 2.31 bits per heavy atom. The first-order chi connectivity index (χ1) is 7.42. The summed E-state index contributed by atoms with van der Waals surface area (Å²) < 4.78 is 27.2. The van der Waals surface area contributed by atoms with Crippen LogP contribution in [-0.4, -0.2) is 32.0 Å². The van der Waals surface area contributed by atoms with Gasteiger partial charge in [-0.1, -0.05) is 11.3 Å². The van der Waals surface area contributed by atoms with Gasteiger partial charge in [0.15, 0.2) is 0 Å². The van der Waals surface area contributed by atoms with Crippen LogP contribution in [0.4, 0.5) is 0 Å². The molecule has 0 aliphatic carbocycles. The molecule has 7 heteroatoms. The fraction of sp³-hybridized carbons (Fsp3) is 0.667. The summed E-state index contributed by atoms with van der Waals surface area (Å²) in [6.07, 6.45) is 1.58. The van der Waals surface area contributed by atoms with Crippen molar-refractivity contribution < 1.29 is 13.2 Å². The molecule has 2 N–H and O–H groups in total. The molecule has 0 radical (unpaired) electrons. The maximum atomic E-state index is 11.0. The van der Waals surface area contributed by atoms with Crippen LogP contribution in [0, 0.1) is 0 Å². The van der Waals surface area contributed by atoms with Gasteiger partial charge in [-0.25, -0.2) is 13.4 Å². The van der Waals surface area contributed by atoms with Crippen molar-refractivity contribution in [3.8, 4) is 5.19 Å². The molecule has 0 fully saturated rings. The molecule has 1 unspecified atom stereocenters. The zero-order chi connectivity index (χ0) is 12.2. The molecule has 0 aliphatic rings. The number of aromatic nitrogens is 1. The molecule has 0 amide bonds. The van der Waals surface area contributed by atoms with E-state index in [0.717, 1.165) is 0 Å². The van der Waals surface area contributed by atoms with Crippen LogP contribution in [-0.2, 0) is 9.84 Å². The van der Waals surface area contributed by atoms with Crippen molar-refractivity contribution in [3.05, 3.63) is 11.1 Å². The first-order valence-corrected chi connectivity index (χ1v) is 7.88. The molecule has 0 spiro atoms. The molecule has 0 saturated heterocycles. The van der Waals surface area contributed by atoms with Crippen molar-refractivity contribution in [3.63, 3.8) is 0 Å². The van der Waals surface area contributed by atoms with E-state index in [1.54, 1.807) is 5.38 Å². The van der Waals surface area contributed by atoms with E-state index >= 15 is 0 Å². The molecule has 1 heterocycles. The lowest BCUT2D eigenvalue weighted by Crippen LogP contribution is -2.16. The van der Waals surface area contributed by atoms with Gasteiger partial charge in [-0.2, -0.15) is 0 Å². The Morgan fingerprint density at radius 1 is 1.62 bits per heavy atom. The molecule has 1 rings (SSSR count). The van der Waals surface area contributed by atoms with Gasteiger partial charge >= 0.3 is 0 Å². The van der Waals surface area contributed by atoms with Gasteiger partial charge in [0, 0.05) is 17.7 Å². The third-order valence-electron chi connectivity index (χ3n) is 1.95. The lowest BCUT2D eigenvalue weighted by molar-refractivity contribution is 0.337. The van der Waals surface area contributed by atoms with Crippen molar-refractivity contribution >= 4 is 21.2 Å². The average Bonchev–Trinajstić information content (AvgIpc) is 2.62. The standard InChI is InChI=1S/C9H16N2O3S2/c1-3-14-9-11-8(6-15-9)7(10)4-5-16(2,12)13/h6-7H,3-5,10H2,1-2H3. The third-order valence-corrected chi connectivity index (χ3v) is 3.70. The molecule has 16 heavy (non-hydrogen) atoms. The third kappa shape index (κ3) is 4.46. The SMILES string of the molecule is CCOc1nc(C(N)CCS(C)(=O)=O)cs1. The predicted octanol–water partition coefficient (Wildman–Crippen LogP) is 0.976. The van der Waals surface area contributed by atoms with Crippen LogP contribution < -0.4 is 10.5 Å². The van der Waals surface area contributed by atoms with Crippen molar-refractivity contribution in [2.24, 2.45) is 5.73 Å². The minimum atomic E-state index is -2.97. The number of thiazole rings is 1. The van der Waals surface area contributed by atoms with Crippen LogP contribution in [0.15, 0.2) is 5.38 Å². The van der Waals surface area contributed by atoms with Gasteiger partial charge in [0.1, 0.15) is 9.84 Å². The van der Waals surface area contributed by atoms with E-state index < -0.39 is 9.84 Å². The Labute approximate surface area is 99.6 Å². The first-order valence-electron chi connectivity index (χ1n) is 4.94. The van der Waals surface area contributed by atoms with Gasteiger partial charge in [0.25, 0.3) is 5.19 Å². The number of nitrogens with zero attached hydrogens (tertiary/aromatic N) is 1. The van der Waals surface area contributed by atoms with Gasteiger partial charge in [-0.05, 0) is 13.3 Å². The normalized spacial score (nSPS) is 13.7. The van der Waals surface area contributed by atoms with E-state index in [-0.39, 0.29) is 11.8 Å². The highest BCUT2D eigenvalue weighted by Gasteiger charge is 2.13. The summed E-state index contributed by atoms with van der Waals surface area (Å²) in [6.45, 7) is 2.44. The summed E-state index contributed by atoms with van der Waals surface area (Å²) in [4.78, 5) is 4.18. The first kappa shape index (κ1) is 13.4. The van der Waals surface area contributed by atoms with Crippen LogP contribution in [0.2, 0.25) is 0 Å². The van der Waals surface area contributed by atoms with E-state index in [1.165, 1.54) is 17.6 Å². The van der Waals surface area contributed by atoms with E-state index in [0.29, 0.717) is 23.9 Å². The van der Waals surface area contributed by atoms with Gasteiger partial charge in [-0.15, -0.1) is 0 Å². The minimum absolute atomic E-state index is 0.0790. The number of hydrogen-bond donors (Lipinski definition) is 1. The zero-order valence-electron chi connectivity index (χ0n) is 9.34. The molecular weight excluding hydrogens is 248 g/mol. The smallest absolute Gasteiger partial charge is 0.273 e. The summed E-state index contributed by atoms with van der Waals surface area (Å²) in [7, 11) is -2.97. The van der Waals surface area contributed by atoms with E-state index in [4.69, 9.17) is 10.5 Å². The maximum Gasteiger partial charge on any atom is 0.273 e. The van der Waals surface area contributed by atoms with Crippen LogP contribution in [0.5, 0.6) is 5.19 Å².